The van der Waals surface area contributed by atoms with Crippen LogP contribution in [0.2, 0.25) is 0 Å². The predicted octanol–water partition coefficient (Wildman–Crippen LogP) is -0.0649. The standard InChI is InChI=1S/C13H22N2O4S/c1-8-11(16)14-10(9-5-6-9)12(17)15(8)7-13(2,3)20(4,18)19/h8-10H,5-7H2,1-4H3,(H,14,16). The molecule has 0 aromatic carbocycles. The van der Waals surface area contributed by atoms with Crippen LogP contribution in [0.15, 0.2) is 0 Å². The molecule has 2 fully saturated rings. The Morgan fingerprint density at radius 2 is 1.85 bits per heavy atom. The van der Waals surface area contributed by atoms with Gasteiger partial charge in [0.05, 0.1) is 4.75 Å². The highest BCUT2D eigenvalue weighted by molar-refractivity contribution is 7.92. The highest BCUT2D eigenvalue weighted by atomic mass is 32.2. The molecule has 0 radical (unpaired) electrons. The zero-order chi connectivity index (χ0) is 15.3. The summed E-state index contributed by atoms with van der Waals surface area (Å²) in [6.45, 7) is 4.85. The summed E-state index contributed by atoms with van der Waals surface area (Å²) >= 11 is 0. The maximum Gasteiger partial charge on any atom is 0.246 e. The van der Waals surface area contributed by atoms with Crippen LogP contribution in [0.1, 0.15) is 33.6 Å². The summed E-state index contributed by atoms with van der Waals surface area (Å²) in [7, 11) is -3.31. The molecular formula is C13H22N2O4S. The Kier molecular flexibility index (Phi) is 3.60. The zero-order valence-corrected chi connectivity index (χ0v) is 13.2. The first kappa shape index (κ1) is 15.3. The number of nitrogens with zero attached hydrogens (tertiary/aromatic N) is 1. The lowest BCUT2D eigenvalue weighted by molar-refractivity contribution is -0.149. The predicted molar refractivity (Wildman–Crippen MR) is 74.8 cm³/mol. The molecule has 7 heteroatoms. The first-order valence-electron chi connectivity index (χ1n) is 6.85. The molecule has 0 aromatic rings. The van der Waals surface area contributed by atoms with Crippen molar-refractivity contribution in [2.75, 3.05) is 12.8 Å². The van der Waals surface area contributed by atoms with Crippen molar-refractivity contribution in [2.45, 2.75) is 50.4 Å². The summed E-state index contributed by atoms with van der Waals surface area (Å²) < 4.78 is 22.6. The molecule has 114 valence electrons. The minimum Gasteiger partial charge on any atom is -0.342 e. The third kappa shape index (κ3) is 2.68. The normalized spacial score (nSPS) is 28.5. The van der Waals surface area contributed by atoms with E-state index in [0.29, 0.717) is 0 Å². The van der Waals surface area contributed by atoms with Crippen molar-refractivity contribution in [3.05, 3.63) is 0 Å². The Hall–Kier alpha value is -1.11. The molecule has 1 aliphatic heterocycles. The highest BCUT2D eigenvalue weighted by Gasteiger charge is 2.47. The van der Waals surface area contributed by atoms with E-state index in [0.717, 1.165) is 19.1 Å². The van der Waals surface area contributed by atoms with E-state index in [1.54, 1.807) is 20.8 Å². The number of hydrogen-bond donors (Lipinski definition) is 1. The van der Waals surface area contributed by atoms with E-state index >= 15 is 0 Å². The SMILES string of the molecule is CC1C(=O)NC(C2CC2)C(=O)N1CC(C)(C)S(C)(=O)=O. The summed E-state index contributed by atoms with van der Waals surface area (Å²) in [5.74, 6) is -0.148. The number of amides is 2. The minimum absolute atomic E-state index is 0.0441. The molecule has 2 atom stereocenters. The molecule has 0 spiro atoms. The van der Waals surface area contributed by atoms with Gasteiger partial charge < -0.3 is 10.2 Å². The number of nitrogens with one attached hydrogen (secondary N) is 1. The van der Waals surface area contributed by atoms with Crippen molar-refractivity contribution in [3.8, 4) is 0 Å². The van der Waals surface area contributed by atoms with Gasteiger partial charge in [0, 0.05) is 12.8 Å². The highest BCUT2D eigenvalue weighted by Crippen LogP contribution is 2.35. The number of rotatable bonds is 4. The van der Waals surface area contributed by atoms with Crippen LogP contribution >= 0.6 is 0 Å². The fourth-order valence-electron chi connectivity index (χ4n) is 2.34. The molecule has 1 saturated heterocycles. The van der Waals surface area contributed by atoms with E-state index in [1.165, 1.54) is 4.90 Å². The van der Waals surface area contributed by atoms with Gasteiger partial charge in [-0.05, 0) is 39.5 Å². The maximum absolute atomic E-state index is 12.5. The molecule has 1 heterocycles. The summed E-state index contributed by atoms with van der Waals surface area (Å²) in [6, 6.07) is -1.10. The van der Waals surface area contributed by atoms with Crippen molar-refractivity contribution in [2.24, 2.45) is 5.92 Å². The van der Waals surface area contributed by atoms with Crippen LogP contribution in [0.3, 0.4) is 0 Å². The monoisotopic (exact) mass is 302 g/mol. The molecule has 6 nitrogen and oxygen atoms in total. The van der Waals surface area contributed by atoms with Crippen LogP contribution in [0.4, 0.5) is 0 Å². The van der Waals surface area contributed by atoms with Gasteiger partial charge in [-0.15, -0.1) is 0 Å². The Morgan fingerprint density at radius 1 is 1.30 bits per heavy atom. The van der Waals surface area contributed by atoms with Crippen LogP contribution in [-0.4, -0.2) is 54.8 Å². The Bertz CT molecular complexity index is 537. The van der Waals surface area contributed by atoms with E-state index in [4.69, 9.17) is 0 Å². The van der Waals surface area contributed by atoms with Gasteiger partial charge in [-0.1, -0.05) is 0 Å². The van der Waals surface area contributed by atoms with Crippen molar-refractivity contribution in [3.63, 3.8) is 0 Å². The Morgan fingerprint density at radius 3 is 2.30 bits per heavy atom. The van der Waals surface area contributed by atoms with Crippen LogP contribution in [0.5, 0.6) is 0 Å². The van der Waals surface area contributed by atoms with Crippen LogP contribution in [0.25, 0.3) is 0 Å². The first-order chi connectivity index (χ1) is 9.04. The van der Waals surface area contributed by atoms with Crippen LogP contribution in [0, 0.1) is 5.92 Å². The van der Waals surface area contributed by atoms with Gasteiger partial charge in [-0.25, -0.2) is 8.42 Å². The van der Waals surface area contributed by atoms with Crippen molar-refractivity contribution in [1.82, 2.24) is 10.2 Å². The van der Waals surface area contributed by atoms with Gasteiger partial charge in [-0.3, -0.25) is 9.59 Å². The number of carbonyl (C=O) groups excluding carboxylic acids is 2. The van der Waals surface area contributed by atoms with Crippen LogP contribution < -0.4 is 5.32 Å². The average Bonchev–Trinajstić information content (AvgIpc) is 3.12. The topological polar surface area (TPSA) is 83.6 Å². The van der Waals surface area contributed by atoms with Gasteiger partial charge in [0.15, 0.2) is 9.84 Å². The molecule has 0 aromatic heterocycles. The number of piperazine rings is 1. The molecule has 2 aliphatic rings. The Labute approximate surface area is 119 Å². The van der Waals surface area contributed by atoms with Gasteiger partial charge in [0.2, 0.25) is 11.8 Å². The molecule has 2 unspecified atom stereocenters. The second kappa shape index (κ2) is 4.72. The van der Waals surface area contributed by atoms with E-state index in [2.05, 4.69) is 5.32 Å². The van der Waals surface area contributed by atoms with Crippen molar-refractivity contribution in [1.29, 1.82) is 0 Å². The quantitative estimate of drug-likeness (QED) is 0.788. The fraction of sp³-hybridized carbons (Fsp3) is 0.846. The van der Waals surface area contributed by atoms with Gasteiger partial charge in [0.1, 0.15) is 12.1 Å². The molecule has 1 aliphatic carbocycles. The van der Waals surface area contributed by atoms with E-state index < -0.39 is 26.7 Å². The van der Waals surface area contributed by atoms with Crippen molar-refractivity contribution < 1.29 is 18.0 Å². The molecular weight excluding hydrogens is 280 g/mol. The molecule has 0 bridgehead atoms. The zero-order valence-electron chi connectivity index (χ0n) is 12.3. The van der Waals surface area contributed by atoms with Gasteiger partial charge in [-0.2, -0.15) is 0 Å². The second-order valence-electron chi connectivity index (χ2n) is 6.50. The third-order valence-corrected chi connectivity index (χ3v) is 6.48. The minimum atomic E-state index is -3.31. The number of sulfone groups is 1. The smallest absolute Gasteiger partial charge is 0.246 e. The van der Waals surface area contributed by atoms with E-state index in [-0.39, 0.29) is 24.3 Å². The third-order valence-electron chi connectivity index (χ3n) is 4.34. The number of hydrogen-bond acceptors (Lipinski definition) is 4. The first-order valence-corrected chi connectivity index (χ1v) is 8.74. The molecule has 20 heavy (non-hydrogen) atoms. The van der Waals surface area contributed by atoms with E-state index in [1.807, 2.05) is 0 Å². The second-order valence-corrected chi connectivity index (χ2v) is 9.15. The van der Waals surface area contributed by atoms with Crippen molar-refractivity contribution >= 4 is 21.7 Å². The Balaban J connectivity index is 2.23. The summed E-state index contributed by atoms with van der Waals surface area (Å²) in [4.78, 5) is 25.9. The summed E-state index contributed by atoms with van der Waals surface area (Å²) in [5.41, 5.74) is 0. The molecule has 2 rings (SSSR count). The van der Waals surface area contributed by atoms with Gasteiger partial charge in [0.25, 0.3) is 0 Å². The lowest BCUT2D eigenvalue weighted by Gasteiger charge is -2.41. The van der Waals surface area contributed by atoms with Gasteiger partial charge >= 0.3 is 0 Å². The largest absolute Gasteiger partial charge is 0.342 e. The maximum atomic E-state index is 12.5. The molecule has 2 amide bonds. The fourth-order valence-corrected chi connectivity index (χ4v) is 2.71. The molecule has 1 saturated carbocycles. The lowest BCUT2D eigenvalue weighted by atomic mass is 10.0. The number of carbonyl (C=O) groups is 2. The average molecular weight is 302 g/mol. The molecule has 1 N–H and O–H groups in total. The summed E-state index contributed by atoms with van der Waals surface area (Å²) in [6.07, 6.45) is 3.04. The summed E-state index contributed by atoms with van der Waals surface area (Å²) in [5, 5.41) is 2.75. The van der Waals surface area contributed by atoms with Crippen LogP contribution in [-0.2, 0) is 19.4 Å². The van der Waals surface area contributed by atoms with E-state index in [9.17, 15) is 18.0 Å². The lowest BCUT2D eigenvalue weighted by Crippen LogP contribution is -2.65.